The van der Waals surface area contributed by atoms with Crippen LogP contribution in [0.15, 0.2) is 36.7 Å². The van der Waals surface area contributed by atoms with Crippen molar-refractivity contribution < 1.29 is 14.6 Å². The zero-order valence-corrected chi connectivity index (χ0v) is 14.3. The van der Waals surface area contributed by atoms with Gasteiger partial charge in [0.05, 0.1) is 29.5 Å². The highest BCUT2D eigenvalue weighted by Crippen LogP contribution is 2.30. The molecule has 0 unspecified atom stereocenters. The maximum Gasteiger partial charge on any atom is 0.255 e. The first kappa shape index (κ1) is 16.9. The van der Waals surface area contributed by atoms with Gasteiger partial charge in [0.1, 0.15) is 5.75 Å². The summed E-state index contributed by atoms with van der Waals surface area (Å²) >= 11 is 6.37. The number of nitrogens with one attached hydrogen (secondary N) is 1. The van der Waals surface area contributed by atoms with Gasteiger partial charge < -0.3 is 19.7 Å². The summed E-state index contributed by atoms with van der Waals surface area (Å²) in [6, 6.07) is 7.29. The summed E-state index contributed by atoms with van der Waals surface area (Å²) in [4.78, 5) is 12.6. The van der Waals surface area contributed by atoms with Gasteiger partial charge in [-0.25, -0.2) is 0 Å². The van der Waals surface area contributed by atoms with Crippen molar-refractivity contribution in [2.75, 3.05) is 7.11 Å². The van der Waals surface area contributed by atoms with Crippen molar-refractivity contribution >= 4 is 17.5 Å². The summed E-state index contributed by atoms with van der Waals surface area (Å²) in [6.07, 6.45) is 6.52. The Morgan fingerprint density at radius 1 is 1.25 bits per heavy atom. The molecule has 2 aromatic rings. The van der Waals surface area contributed by atoms with Crippen LogP contribution >= 0.6 is 11.6 Å². The van der Waals surface area contributed by atoms with Crippen molar-refractivity contribution in [2.45, 2.75) is 37.8 Å². The zero-order valence-electron chi connectivity index (χ0n) is 13.5. The lowest BCUT2D eigenvalue weighted by Crippen LogP contribution is -2.38. The number of ether oxygens (including phenoxy) is 1. The second-order valence-electron chi connectivity index (χ2n) is 6.07. The van der Waals surface area contributed by atoms with Crippen molar-refractivity contribution in [3.8, 4) is 11.4 Å². The Hall–Kier alpha value is -1.98. The molecule has 0 radical (unpaired) electrons. The van der Waals surface area contributed by atoms with E-state index in [2.05, 4.69) is 5.32 Å². The maximum absolute atomic E-state index is 12.6. The monoisotopic (exact) mass is 348 g/mol. The highest BCUT2D eigenvalue weighted by atomic mass is 35.5. The van der Waals surface area contributed by atoms with Crippen LogP contribution in [0, 0.1) is 0 Å². The molecule has 0 bridgehead atoms. The van der Waals surface area contributed by atoms with Crippen LogP contribution in [-0.4, -0.2) is 34.8 Å². The fourth-order valence-corrected chi connectivity index (χ4v) is 3.33. The van der Waals surface area contributed by atoms with Crippen LogP contribution in [0.2, 0.25) is 5.02 Å². The molecule has 2 N–H and O–H groups in total. The van der Waals surface area contributed by atoms with Crippen LogP contribution < -0.4 is 10.1 Å². The summed E-state index contributed by atoms with van der Waals surface area (Å²) in [5, 5.41) is 13.1. The molecule has 1 aliphatic carbocycles. The fraction of sp³-hybridized carbons (Fsp3) is 0.389. The Bertz CT molecular complexity index is 707. The lowest BCUT2D eigenvalue weighted by Gasteiger charge is -2.26. The lowest BCUT2D eigenvalue weighted by atomic mass is 9.93. The third-order valence-electron chi connectivity index (χ3n) is 4.43. The van der Waals surface area contributed by atoms with Gasteiger partial charge in [-0.15, -0.1) is 0 Å². The Morgan fingerprint density at radius 3 is 2.54 bits per heavy atom. The maximum atomic E-state index is 12.6. The predicted molar refractivity (Wildman–Crippen MR) is 93.1 cm³/mol. The van der Waals surface area contributed by atoms with Crippen LogP contribution in [-0.2, 0) is 0 Å². The van der Waals surface area contributed by atoms with Gasteiger partial charge in [0.25, 0.3) is 5.91 Å². The van der Waals surface area contributed by atoms with E-state index < -0.39 is 0 Å². The molecule has 0 atom stereocenters. The number of halogens is 1. The van der Waals surface area contributed by atoms with Crippen LogP contribution in [0.3, 0.4) is 0 Å². The van der Waals surface area contributed by atoms with Crippen molar-refractivity contribution in [1.82, 2.24) is 9.88 Å². The van der Waals surface area contributed by atoms with E-state index in [9.17, 15) is 9.90 Å². The van der Waals surface area contributed by atoms with Crippen molar-refractivity contribution in [2.24, 2.45) is 0 Å². The molecule has 0 aliphatic heterocycles. The first-order valence-corrected chi connectivity index (χ1v) is 8.46. The van der Waals surface area contributed by atoms with Crippen LogP contribution in [0.25, 0.3) is 5.69 Å². The van der Waals surface area contributed by atoms with Gasteiger partial charge in [-0.2, -0.15) is 0 Å². The molecule has 3 rings (SSSR count). The van der Waals surface area contributed by atoms with Gasteiger partial charge in [-0.05, 0) is 43.9 Å². The topological polar surface area (TPSA) is 63.5 Å². The van der Waals surface area contributed by atoms with E-state index in [1.807, 2.05) is 29.1 Å². The Morgan fingerprint density at radius 2 is 1.92 bits per heavy atom. The minimum Gasteiger partial charge on any atom is -0.496 e. The normalized spacial score (nSPS) is 20.6. The molecule has 5 nitrogen and oxygen atoms in total. The Labute approximate surface area is 146 Å². The quantitative estimate of drug-likeness (QED) is 0.892. The standard InChI is InChI=1S/C18H21ClN2O3/c1-24-17-11-16(21-8-2-3-9-21)15(19)10-14(17)18(23)20-12-4-6-13(22)7-5-12/h2-3,8-13,22H,4-7H2,1H3,(H,20,23). The predicted octanol–water partition coefficient (Wildman–Crippen LogP) is 3.17. The number of amides is 1. The largest absolute Gasteiger partial charge is 0.496 e. The molecular formula is C18H21ClN2O3. The Balaban J connectivity index is 1.82. The summed E-state index contributed by atoms with van der Waals surface area (Å²) in [7, 11) is 1.54. The summed E-state index contributed by atoms with van der Waals surface area (Å²) in [5.41, 5.74) is 1.18. The second kappa shape index (κ2) is 7.28. The summed E-state index contributed by atoms with van der Waals surface area (Å²) in [5.74, 6) is 0.283. The number of rotatable bonds is 4. The second-order valence-corrected chi connectivity index (χ2v) is 6.48. The van der Waals surface area contributed by atoms with E-state index in [0.717, 1.165) is 31.4 Å². The van der Waals surface area contributed by atoms with Crippen molar-refractivity contribution in [3.05, 3.63) is 47.2 Å². The lowest BCUT2D eigenvalue weighted by molar-refractivity contribution is 0.0865. The molecule has 24 heavy (non-hydrogen) atoms. The number of aliphatic hydroxyl groups excluding tert-OH is 1. The molecule has 6 heteroatoms. The Kier molecular flexibility index (Phi) is 5.11. The van der Waals surface area contributed by atoms with Gasteiger partial charge in [0.2, 0.25) is 0 Å². The highest BCUT2D eigenvalue weighted by Gasteiger charge is 2.23. The van der Waals surface area contributed by atoms with E-state index in [1.54, 1.807) is 12.1 Å². The third kappa shape index (κ3) is 3.57. The minimum absolute atomic E-state index is 0.0773. The number of hydrogen-bond acceptors (Lipinski definition) is 3. The average molecular weight is 349 g/mol. The van der Waals surface area contributed by atoms with E-state index >= 15 is 0 Å². The molecule has 1 aliphatic rings. The molecule has 1 fully saturated rings. The van der Waals surface area contributed by atoms with Crippen LogP contribution in [0.5, 0.6) is 5.75 Å². The average Bonchev–Trinajstić information content (AvgIpc) is 3.11. The number of aromatic nitrogens is 1. The van der Waals surface area contributed by atoms with Crippen molar-refractivity contribution in [1.29, 1.82) is 0 Å². The molecule has 128 valence electrons. The molecule has 1 heterocycles. The van der Waals surface area contributed by atoms with Crippen molar-refractivity contribution in [3.63, 3.8) is 0 Å². The SMILES string of the molecule is COc1cc(-n2cccc2)c(Cl)cc1C(=O)NC1CCC(O)CC1. The van der Waals surface area contributed by atoms with E-state index in [-0.39, 0.29) is 18.1 Å². The molecule has 1 aromatic heterocycles. The summed E-state index contributed by atoms with van der Waals surface area (Å²) < 4.78 is 7.26. The molecular weight excluding hydrogens is 328 g/mol. The number of benzene rings is 1. The first-order valence-electron chi connectivity index (χ1n) is 8.08. The number of carbonyl (C=O) groups excluding carboxylic acids is 1. The van der Waals surface area contributed by atoms with Gasteiger partial charge in [0.15, 0.2) is 0 Å². The number of hydrogen-bond donors (Lipinski definition) is 2. The number of methoxy groups -OCH3 is 1. The molecule has 1 saturated carbocycles. The first-order chi connectivity index (χ1) is 11.6. The highest BCUT2D eigenvalue weighted by molar-refractivity contribution is 6.33. The zero-order chi connectivity index (χ0) is 17.1. The fourth-order valence-electron chi connectivity index (χ4n) is 3.07. The minimum atomic E-state index is -0.247. The smallest absolute Gasteiger partial charge is 0.255 e. The van der Waals surface area contributed by atoms with Crippen LogP contribution in [0.4, 0.5) is 0 Å². The van der Waals surface area contributed by atoms with Gasteiger partial charge >= 0.3 is 0 Å². The van der Waals surface area contributed by atoms with Crippen LogP contribution in [0.1, 0.15) is 36.0 Å². The molecule has 1 amide bonds. The van der Waals surface area contributed by atoms with E-state index in [4.69, 9.17) is 16.3 Å². The number of aliphatic hydroxyl groups is 1. The molecule has 0 saturated heterocycles. The van der Waals surface area contributed by atoms with E-state index in [0.29, 0.717) is 16.3 Å². The number of nitrogens with zero attached hydrogens (tertiary/aromatic N) is 1. The summed E-state index contributed by atoms with van der Waals surface area (Å²) in [6.45, 7) is 0. The number of carbonyl (C=O) groups is 1. The van der Waals surface area contributed by atoms with Gasteiger partial charge in [-0.3, -0.25) is 4.79 Å². The van der Waals surface area contributed by atoms with Gasteiger partial charge in [0, 0.05) is 24.5 Å². The van der Waals surface area contributed by atoms with E-state index in [1.165, 1.54) is 7.11 Å². The molecule has 1 aromatic carbocycles. The van der Waals surface area contributed by atoms with Gasteiger partial charge in [-0.1, -0.05) is 11.6 Å². The third-order valence-corrected chi connectivity index (χ3v) is 4.73. The molecule has 0 spiro atoms.